The van der Waals surface area contributed by atoms with Gasteiger partial charge in [-0.15, -0.1) is 5.10 Å². The van der Waals surface area contributed by atoms with Crippen molar-refractivity contribution in [3.63, 3.8) is 0 Å². The van der Waals surface area contributed by atoms with Crippen LogP contribution in [-0.2, 0) is 16.1 Å². The van der Waals surface area contributed by atoms with E-state index in [1.807, 2.05) is 23.1 Å². The molecule has 1 heterocycles. The lowest BCUT2D eigenvalue weighted by Gasteiger charge is -2.35. The largest absolute Gasteiger partial charge is 0.460 e. The van der Waals surface area contributed by atoms with Crippen molar-refractivity contribution in [3.8, 4) is 0 Å². The number of rotatable bonds is 5. The number of amidine groups is 1. The zero-order valence-electron chi connectivity index (χ0n) is 16.3. The minimum atomic E-state index is -0.463. The maximum absolute atomic E-state index is 12.5. The highest BCUT2D eigenvalue weighted by Gasteiger charge is 2.25. The highest BCUT2D eigenvalue weighted by molar-refractivity contribution is 6.36. The van der Waals surface area contributed by atoms with Crippen molar-refractivity contribution in [3.05, 3.63) is 64.1 Å². The Bertz CT molecular complexity index is 853. The van der Waals surface area contributed by atoms with Crippen LogP contribution in [0.25, 0.3) is 0 Å². The summed E-state index contributed by atoms with van der Waals surface area (Å²) in [5.74, 6) is -0.225. The van der Waals surface area contributed by atoms with Crippen LogP contribution in [0.15, 0.2) is 53.6 Å². The topological polar surface area (TPSA) is 57.2 Å². The van der Waals surface area contributed by atoms with Crippen LogP contribution in [-0.4, -0.2) is 54.4 Å². The van der Waals surface area contributed by atoms with E-state index in [4.69, 9.17) is 27.9 Å². The van der Waals surface area contributed by atoms with Gasteiger partial charge in [-0.1, -0.05) is 53.5 Å². The second-order valence-corrected chi connectivity index (χ2v) is 7.48. The molecule has 1 fully saturated rings. The number of piperazine rings is 1. The first-order valence-electron chi connectivity index (χ1n) is 9.54. The van der Waals surface area contributed by atoms with Crippen LogP contribution in [0.5, 0.6) is 0 Å². The van der Waals surface area contributed by atoms with Crippen molar-refractivity contribution >= 4 is 40.7 Å². The number of carbonyl (C=O) groups excluding carboxylic acids is 1. The number of nitrogens with one attached hydrogen (secondary N) is 1. The lowest BCUT2D eigenvalue weighted by molar-refractivity contribution is -0.136. The molecule has 1 N–H and O–H groups in total. The highest BCUT2D eigenvalue weighted by Crippen LogP contribution is 2.25. The predicted molar refractivity (Wildman–Crippen MR) is 117 cm³/mol. The molecule has 0 spiro atoms. The molecule has 0 radical (unpaired) electrons. The van der Waals surface area contributed by atoms with Gasteiger partial charge in [0, 0.05) is 37.7 Å². The zero-order chi connectivity index (χ0) is 20.6. The van der Waals surface area contributed by atoms with E-state index in [1.165, 1.54) is 5.56 Å². The van der Waals surface area contributed by atoms with E-state index in [1.54, 1.807) is 25.1 Å². The standard InChI is InChI=1S/C21H24Cl2N4O2/c1-2-29-21(28)20(25-24-19-14-17(22)8-9-18(19)23)27-12-10-26(11-13-27)15-16-6-4-3-5-7-16/h3-9,14,24H,2,10-13,15H2,1H3. The fraction of sp³-hybridized carbons (Fsp3) is 0.333. The number of carbonyl (C=O) groups is 1. The first kappa shape index (κ1) is 21.4. The molecule has 2 aromatic carbocycles. The number of esters is 1. The van der Waals surface area contributed by atoms with Gasteiger partial charge in [-0.3, -0.25) is 10.3 Å². The van der Waals surface area contributed by atoms with Gasteiger partial charge in [-0.05, 0) is 30.7 Å². The number of benzene rings is 2. The van der Waals surface area contributed by atoms with Crippen LogP contribution < -0.4 is 5.43 Å². The second-order valence-electron chi connectivity index (χ2n) is 6.64. The molecule has 0 bridgehead atoms. The lowest BCUT2D eigenvalue weighted by Crippen LogP contribution is -2.50. The van der Waals surface area contributed by atoms with Crippen LogP contribution in [0, 0.1) is 0 Å². The predicted octanol–water partition coefficient (Wildman–Crippen LogP) is 4.10. The second kappa shape index (κ2) is 10.5. The van der Waals surface area contributed by atoms with Gasteiger partial charge in [0.2, 0.25) is 5.84 Å². The van der Waals surface area contributed by atoms with Gasteiger partial charge in [0.15, 0.2) is 0 Å². The molecule has 1 aliphatic heterocycles. The van der Waals surface area contributed by atoms with Crippen molar-refractivity contribution in [2.75, 3.05) is 38.2 Å². The molecule has 2 aromatic rings. The van der Waals surface area contributed by atoms with E-state index in [2.05, 4.69) is 27.6 Å². The summed E-state index contributed by atoms with van der Waals surface area (Å²) in [6.45, 7) is 5.94. The molecule has 1 saturated heterocycles. The Kier molecular flexibility index (Phi) is 7.75. The van der Waals surface area contributed by atoms with Crippen molar-refractivity contribution in [1.82, 2.24) is 9.80 Å². The van der Waals surface area contributed by atoms with Crippen molar-refractivity contribution in [2.45, 2.75) is 13.5 Å². The average Bonchev–Trinajstić information content (AvgIpc) is 2.73. The minimum absolute atomic E-state index is 0.238. The molecule has 0 unspecified atom stereocenters. The summed E-state index contributed by atoms with van der Waals surface area (Å²) < 4.78 is 5.20. The van der Waals surface area contributed by atoms with Crippen LogP contribution in [0.3, 0.4) is 0 Å². The number of halogens is 2. The fourth-order valence-corrected chi connectivity index (χ4v) is 3.43. The summed E-state index contributed by atoms with van der Waals surface area (Å²) in [6.07, 6.45) is 0. The normalized spacial score (nSPS) is 15.3. The number of hydrazone groups is 1. The number of hydrogen-bond donors (Lipinski definition) is 1. The Labute approximate surface area is 181 Å². The number of hydrogen-bond acceptors (Lipinski definition) is 5. The van der Waals surface area contributed by atoms with Gasteiger partial charge < -0.3 is 9.64 Å². The lowest BCUT2D eigenvalue weighted by atomic mass is 10.2. The maximum atomic E-state index is 12.5. The zero-order valence-corrected chi connectivity index (χ0v) is 17.8. The first-order chi connectivity index (χ1) is 14.1. The maximum Gasteiger partial charge on any atom is 0.375 e. The molecular formula is C21H24Cl2N4O2. The molecule has 1 aliphatic rings. The molecule has 8 heteroatoms. The third-order valence-corrected chi connectivity index (χ3v) is 5.15. The molecule has 0 saturated carbocycles. The number of ether oxygens (including phenoxy) is 1. The Balaban J connectivity index is 1.67. The molecule has 29 heavy (non-hydrogen) atoms. The summed E-state index contributed by atoms with van der Waals surface area (Å²) in [5, 5.41) is 5.30. The van der Waals surface area contributed by atoms with Gasteiger partial charge in [0.25, 0.3) is 0 Å². The van der Waals surface area contributed by atoms with Gasteiger partial charge in [0.1, 0.15) is 0 Å². The highest BCUT2D eigenvalue weighted by atomic mass is 35.5. The Morgan fingerprint density at radius 1 is 1.10 bits per heavy atom. The molecule has 0 atom stereocenters. The van der Waals surface area contributed by atoms with E-state index in [-0.39, 0.29) is 12.4 Å². The monoisotopic (exact) mass is 434 g/mol. The third-order valence-electron chi connectivity index (χ3n) is 4.59. The molecule has 154 valence electrons. The van der Waals surface area contributed by atoms with E-state index >= 15 is 0 Å². The van der Waals surface area contributed by atoms with Crippen LogP contribution in [0.2, 0.25) is 10.0 Å². The van der Waals surface area contributed by atoms with Crippen LogP contribution in [0.4, 0.5) is 5.69 Å². The SMILES string of the molecule is CCOC(=O)C(=NNc1cc(Cl)ccc1Cl)N1CCN(Cc2ccccc2)CC1. The fourth-order valence-electron chi connectivity index (χ4n) is 3.10. The molecule has 0 aliphatic carbocycles. The summed E-state index contributed by atoms with van der Waals surface area (Å²) >= 11 is 12.2. The van der Waals surface area contributed by atoms with E-state index < -0.39 is 5.97 Å². The van der Waals surface area contributed by atoms with E-state index in [9.17, 15) is 4.79 Å². The van der Waals surface area contributed by atoms with E-state index in [0.29, 0.717) is 28.8 Å². The first-order valence-corrected chi connectivity index (χ1v) is 10.3. The molecule has 0 amide bonds. The van der Waals surface area contributed by atoms with Crippen LogP contribution in [0.1, 0.15) is 12.5 Å². The summed E-state index contributed by atoms with van der Waals surface area (Å²) in [4.78, 5) is 16.8. The average molecular weight is 435 g/mol. The van der Waals surface area contributed by atoms with Gasteiger partial charge in [-0.2, -0.15) is 0 Å². The van der Waals surface area contributed by atoms with Crippen molar-refractivity contribution < 1.29 is 9.53 Å². The third kappa shape index (κ3) is 6.10. The van der Waals surface area contributed by atoms with Gasteiger partial charge in [0.05, 0.1) is 17.3 Å². The molecule has 6 nitrogen and oxygen atoms in total. The van der Waals surface area contributed by atoms with Gasteiger partial charge in [-0.25, -0.2) is 4.79 Å². The Morgan fingerprint density at radius 2 is 1.83 bits per heavy atom. The Hall–Kier alpha value is -2.28. The summed E-state index contributed by atoms with van der Waals surface area (Å²) in [6, 6.07) is 15.4. The molecule has 3 rings (SSSR count). The smallest absolute Gasteiger partial charge is 0.375 e. The number of nitrogens with zero attached hydrogens (tertiary/aromatic N) is 3. The molecule has 0 aromatic heterocycles. The summed E-state index contributed by atoms with van der Waals surface area (Å²) in [5.41, 5.74) is 4.66. The summed E-state index contributed by atoms with van der Waals surface area (Å²) in [7, 11) is 0. The van der Waals surface area contributed by atoms with Crippen molar-refractivity contribution in [1.29, 1.82) is 0 Å². The van der Waals surface area contributed by atoms with E-state index in [0.717, 1.165) is 19.6 Å². The minimum Gasteiger partial charge on any atom is -0.460 e. The molecular weight excluding hydrogens is 411 g/mol. The Morgan fingerprint density at radius 3 is 2.52 bits per heavy atom. The number of anilines is 1. The van der Waals surface area contributed by atoms with Crippen LogP contribution >= 0.6 is 23.2 Å². The van der Waals surface area contributed by atoms with Crippen molar-refractivity contribution in [2.24, 2.45) is 5.10 Å². The quantitative estimate of drug-likeness (QED) is 0.332. The van der Waals surface area contributed by atoms with Gasteiger partial charge >= 0.3 is 5.97 Å².